The van der Waals surface area contributed by atoms with E-state index in [0.717, 1.165) is 66.8 Å². The van der Waals surface area contributed by atoms with Gasteiger partial charge in [0.1, 0.15) is 6.07 Å². The first-order chi connectivity index (χ1) is 24.2. The van der Waals surface area contributed by atoms with E-state index in [0.29, 0.717) is 11.1 Å². The zero-order valence-electron chi connectivity index (χ0n) is 26.9. The number of hydrogen-bond donors (Lipinski definition) is 0. The first-order valence-corrected chi connectivity index (χ1v) is 16.2. The van der Waals surface area contributed by atoms with Gasteiger partial charge in [-0.05, 0) is 66.6 Å². The van der Waals surface area contributed by atoms with Crippen molar-refractivity contribution in [3.63, 3.8) is 0 Å². The average molecular weight is 627 g/mol. The molecule has 0 radical (unpaired) electrons. The standard InChI is InChI=1S/C45H30N4/c1-3-14-33-34-16-5-9-21-41(34)48(39(33)4-2)40-26-25-30(27-32(40)29-47)45-31(28-46)15-13-20-38(45)37-19-8-12-24-44(37)49-42-22-10-6-17-35(42)36-18-7-11-23-43(36)49/h3-27H,2H2,1H3/b14-3-. The molecule has 4 heteroatoms. The Labute approximate surface area is 285 Å². The molecule has 230 valence electrons. The molecule has 0 N–H and O–H groups in total. The van der Waals surface area contributed by atoms with E-state index >= 15 is 0 Å². The molecule has 8 rings (SSSR count). The lowest BCUT2D eigenvalue weighted by Gasteiger charge is -2.19. The summed E-state index contributed by atoms with van der Waals surface area (Å²) in [6.07, 6.45) is 5.95. The maximum absolute atomic E-state index is 10.6. The highest BCUT2D eigenvalue weighted by molar-refractivity contribution is 6.10. The SMILES string of the molecule is C=Cc1c(/C=C\C)c2ccccc2n1-c1ccc(-c2c(C#N)cccc2-c2ccccc2-n2c3ccccc3c3ccccc32)cc1C#N. The maximum Gasteiger partial charge on any atom is 0.101 e. The number of nitrogens with zero attached hydrogens (tertiary/aromatic N) is 4. The molecule has 0 saturated carbocycles. The number of fused-ring (bicyclic) bond motifs is 4. The summed E-state index contributed by atoms with van der Waals surface area (Å²) in [7, 11) is 0. The Hall–Kier alpha value is -6.88. The molecule has 8 aromatic rings. The van der Waals surface area contributed by atoms with E-state index in [1.54, 1.807) is 0 Å². The summed E-state index contributed by atoms with van der Waals surface area (Å²) in [5.74, 6) is 0. The van der Waals surface area contributed by atoms with E-state index < -0.39 is 0 Å². The molecule has 0 atom stereocenters. The predicted octanol–water partition coefficient (Wildman–Crippen LogP) is 11.5. The molecule has 0 bridgehead atoms. The van der Waals surface area contributed by atoms with E-state index in [2.05, 4.69) is 119 Å². The van der Waals surface area contributed by atoms with Crippen LogP contribution in [0.25, 0.3) is 78.5 Å². The summed E-state index contributed by atoms with van der Waals surface area (Å²) in [5.41, 5.74) is 11.5. The van der Waals surface area contributed by atoms with Crippen molar-refractivity contribution in [1.29, 1.82) is 10.5 Å². The van der Waals surface area contributed by atoms with Crippen molar-refractivity contribution in [2.24, 2.45) is 0 Å². The van der Waals surface area contributed by atoms with E-state index in [9.17, 15) is 10.5 Å². The van der Waals surface area contributed by atoms with E-state index in [4.69, 9.17) is 0 Å². The second-order valence-corrected chi connectivity index (χ2v) is 11.9. The lowest BCUT2D eigenvalue weighted by Crippen LogP contribution is -2.02. The largest absolute Gasteiger partial charge is 0.309 e. The Kier molecular flexibility index (Phi) is 7.26. The van der Waals surface area contributed by atoms with Crippen molar-refractivity contribution >= 4 is 44.9 Å². The Morgan fingerprint density at radius 3 is 1.82 bits per heavy atom. The van der Waals surface area contributed by atoms with Crippen LogP contribution in [-0.4, -0.2) is 9.13 Å². The van der Waals surface area contributed by atoms with Gasteiger partial charge in [0.2, 0.25) is 0 Å². The minimum absolute atomic E-state index is 0.503. The molecule has 4 nitrogen and oxygen atoms in total. The smallest absolute Gasteiger partial charge is 0.101 e. The van der Waals surface area contributed by atoms with E-state index in [1.807, 2.05) is 67.6 Å². The van der Waals surface area contributed by atoms with Crippen molar-refractivity contribution < 1.29 is 0 Å². The van der Waals surface area contributed by atoms with Crippen molar-refractivity contribution in [3.8, 4) is 45.8 Å². The van der Waals surface area contributed by atoms with Gasteiger partial charge in [0.05, 0.1) is 50.8 Å². The topological polar surface area (TPSA) is 57.4 Å². The quantitative estimate of drug-likeness (QED) is 0.184. The molecule has 0 fully saturated rings. The monoisotopic (exact) mass is 626 g/mol. The summed E-state index contributed by atoms with van der Waals surface area (Å²) in [5, 5.41) is 24.5. The van der Waals surface area contributed by atoms with Gasteiger partial charge in [-0.15, -0.1) is 0 Å². The fourth-order valence-corrected chi connectivity index (χ4v) is 7.32. The summed E-state index contributed by atoms with van der Waals surface area (Å²) in [4.78, 5) is 0. The number of allylic oxidation sites excluding steroid dienone is 1. The highest BCUT2D eigenvalue weighted by atomic mass is 15.0. The summed E-state index contributed by atoms with van der Waals surface area (Å²) in [6, 6.07) is 50.2. The molecule has 0 saturated heterocycles. The lowest BCUT2D eigenvalue weighted by atomic mass is 9.89. The second-order valence-electron chi connectivity index (χ2n) is 11.9. The Balaban J connectivity index is 1.37. The number of para-hydroxylation sites is 4. The van der Waals surface area contributed by atoms with Crippen LogP contribution < -0.4 is 0 Å². The second kappa shape index (κ2) is 12.0. The van der Waals surface area contributed by atoms with E-state index in [-0.39, 0.29) is 0 Å². The zero-order chi connectivity index (χ0) is 33.5. The van der Waals surface area contributed by atoms with Gasteiger partial charge < -0.3 is 9.13 Å². The van der Waals surface area contributed by atoms with Gasteiger partial charge in [-0.3, -0.25) is 0 Å². The van der Waals surface area contributed by atoms with Crippen LogP contribution in [0, 0.1) is 22.7 Å². The van der Waals surface area contributed by atoms with Gasteiger partial charge in [0, 0.05) is 32.8 Å². The van der Waals surface area contributed by atoms with Crippen molar-refractivity contribution in [2.75, 3.05) is 0 Å². The molecule has 2 aromatic heterocycles. The van der Waals surface area contributed by atoms with Gasteiger partial charge in [0.15, 0.2) is 0 Å². The summed E-state index contributed by atoms with van der Waals surface area (Å²) < 4.78 is 4.41. The average Bonchev–Trinajstić information content (AvgIpc) is 3.66. The molecule has 6 aromatic carbocycles. The fourth-order valence-electron chi connectivity index (χ4n) is 7.32. The molecular weight excluding hydrogens is 597 g/mol. The minimum Gasteiger partial charge on any atom is -0.309 e. The molecule has 0 amide bonds. The van der Waals surface area contributed by atoms with Gasteiger partial charge in [-0.2, -0.15) is 10.5 Å². The third kappa shape index (κ3) is 4.59. The molecule has 0 unspecified atom stereocenters. The van der Waals surface area contributed by atoms with Gasteiger partial charge in [-0.25, -0.2) is 0 Å². The molecule has 0 aliphatic carbocycles. The minimum atomic E-state index is 0.503. The van der Waals surface area contributed by atoms with Crippen LogP contribution in [0.4, 0.5) is 0 Å². The predicted molar refractivity (Wildman–Crippen MR) is 203 cm³/mol. The van der Waals surface area contributed by atoms with Crippen LogP contribution >= 0.6 is 0 Å². The molecule has 49 heavy (non-hydrogen) atoms. The van der Waals surface area contributed by atoms with Crippen LogP contribution in [0.1, 0.15) is 29.3 Å². The maximum atomic E-state index is 10.6. The Morgan fingerprint density at radius 1 is 0.571 bits per heavy atom. The Morgan fingerprint density at radius 2 is 1.16 bits per heavy atom. The van der Waals surface area contributed by atoms with Gasteiger partial charge >= 0.3 is 0 Å². The van der Waals surface area contributed by atoms with Gasteiger partial charge in [0.25, 0.3) is 0 Å². The number of hydrogen-bond acceptors (Lipinski definition) is 2. The number of rotatable bonds is 6. The number of benzene rings is 6. The summed E-state index contributed by atoms with van der Waals surface area (Å²) in [6.45, 7) is 6.13. The first-order valence-electron chi connectivity index (χ1n) is 16.2. The van der Waals surface area contributed by atoms with E-state index in [1.165, 1.54) is 10.8 Å². The molecule has 0 aliphatic heterocycles. The third-order valence-electron chi connectivity index (χ3n) is 9.33. The lowest BCUT2D eigenvalue weighted by molar-refractivity contribution is 1.10. The zero-order valence-corrected chi connectivity index (χ0v) is 26.9. The highest BCUT2D eigenvalue weighted by Gasteiger charge is 2.21. The van der Waals surface area contributed by atoms with Crippen LogP contribution in [0.5, 0.6) is 0 Å². The number of nitriles is 2. The van der Waals surface area contributed by atoms with Crippen LogP contribution in [0.3, 0.4) is 0 Å². The van der Waals surface area contributed by atoms with Crippen molar-refractivity contribution in [2.45, 2.75) is 6.92 Å². The van der Waals surface area contributed by atoms with Crippen molar-refractivity contribution in [1.82, 2.24) is 9.13 Å². The van der Waals surface area contributed by atoms with Crippen LogP contribution in [-0.2, 0) is 0 Å². The van der Waals surface area contributed by atoms with Crippen molar-refractivity contribution in [3.05, 3.63) is 168 Å². The first kappa shape index (κ1) is 29.5. The molecule has 0 aliphatic rings. The highest BCUT2D eigenvalue weighted by Crippen LogP contribution is 2.42. The molecular formula is C45H30N4. The number of aromatic nitrogens is 2. The normalized spacial score (nSPS) is 11.3. The Bertz CT molecular complexity index is 2670. The third-order valence-corrected chi connectivity index (χ3v) is 9.33. The molecule has 2 heterocycles. The van der Waals surface area contributed by atoms with Crippen LogP contribution in [0.15, 0.2) is 146 Å². The summed E-state index contributed by atoms with van der Waals surface area (Å²) >= 11 is 0. The van der Waals surface area contributed by atoms with Crippen LogP contribution in [0.2, 0.25) is 0 Å². The fraction of sp³-hybridized carbons (Fsp3) is 0.0222. The van der Waals surface area contributed by atoms with Gasteiger partial charge in [-0.1, -0.05) is 110 Å². The molecule has 0 spiro atoms.